The number of hydrogen-bond donors (Lipinski definition) is 4. The Labute approximate surface area is 201 Å². The molecule has 3 rings (SSSR count). The number of aliphatic hydroxyl groups excluding tert-OH is 1. The van der Waals surface area contributed by atoms with E-state index in [1.807, 2.05) is 20.8 Å². The molecule has 0 saturated carbocycles. The zero-order chi connectivity index (χ0) is 25.8. The molecule has 10 heteroatoms. The van der Waals surface area contributed by atoms with E-state index in [-0.39, 0.29) is 22.8 Å². The van der Waals surface area contributed by atoms with Crippen molar-refractivity contribution in [2.24, 2.45) is 0 Å². The molecule has 186 valence electrons. The minimum Gasteiger partial charge on any atom is -0.489 e. The monoisotopic (exact) mass is 486 g/mol. The van der Waals surface area contributed by atoms with Crippen LogP contribution in [0.2, 0.25) is 0 Å². The van der Waals surface area contributed by atoms with Crippen LogP contribution in [0.1, 0.15) is 53.2 Å². The van der Waals surface area contributed by atoms with E-state index in [4.69, 9.17) is 14.6 Å². The Hall–Kier alpha value is -3.76. The number of carboxylic acid groups (broad SMARTS) is 1. The molecule has 0 radical (unpaired) electrons. The quantitative estimate of drug-likeness (QED) is 0.316. The first kappa shape index (κ1) is 25.9. The lowest BCUT2D eigenvalue weighted by Gasteiger charge is -2.20. The lowest BCUT2D eigenvalue weighted by atomic mass is 10.0. The number of halogens is 1. The second-order valence-corrected chi connectivity index (χ2v) is 8.96. The van der Waals surface area contributed by atoms with E-state index in [0.717, 1.165) is 0 Å². The Morgan fingerprint density at radius 1 is 1.06 bits per heavy atom. The molecule has 1 fully saturated rings. The van der Waals surface area contributed by atoms with Crippen LogP contribution < -0.4 is 15.4 Å². The van der Waals surface area contributed by atoms with Gasteiger partial charge in [-0.1, -0.05) is 18.2 Å². The van der Waals surface area contributed by atoms with Crippen molar-refractivity contribution in [3.05, 3.63) is 76.6 Å². The molecule has 0 bridgehead atoms. The number of carbonyl (C=O) groups is 3. The normalized spacial score (nSPS) is 17.7. The second kappa shape index (κ2) is 10.7. The molecule has 2 aromatic rings. The van der Waals surface area contributed by atoms with Crippen molar-refractivity contribution < 1.29 is 38.5 Å². The van der Waals surface area contributed by atoms with E-state index >= 15 is 0 Å². The average molecular weight is 486 g/mol. The standard InChI is InChI=1S/C25H27FN2O7/c1-25(2,3)28-21(29)14-8-10-16(11-9-14)34-13-15(19(26)23(31)32)12-27-22(30)18-7-5-4-6-17(18)20-24(33)35-20/h4-11,20,24,33H,12-13H2,1-3H3,(H,27,30)(H,28,29)(H,31,32)/b19-15+. The molecular weight excluding hydrogens is 459 g/mol. The lowest BCUT2D eigenvalue weighted by Crippen LogP contribution is -2.40. The van der Waals surface area contributed by atoms with Gasteiger partial charge in [0, 0.05) is 28.8 Å². The number of rotatable bonds is 9. The molecule has 0 aliphatic carbocycles. The van der Waals surface area contributed by atoms with Crippen LogP contribution >= 0.6 is 0 Å². The molecule has 1 saturated heterocycles. The highest BCUT2D eigenvalue weighted by Crippen LogP contribution is 2.38. The highest BCUT2D eigenvalue weighted by Gasteiger charge is 2.40. The number of carbonyl (C=O) groups excluding carboxylic acids is 2. The summed E-state index contributed by atoms with van der Waals surface area (Å²) in [5, 5.41) is 23.9. The van der Waals surface area contributed by atoms with Crippen LogP contribution in [-0.4, -0.2) is 53.0 Å². The van der Waals surface area contributed by atoms with E-state index < -0.39 is 48.8 Å². The molecule has 1 aliphatic rings. The number of aliphatic carboxylic acids is 1. The largest absolute Gasteiger partial charge is 0.489 e. The SMILES string of the molecule is CC(C)(C)NC(=O)c1ccc(OC/C(CNC(=O)c2ccccc2C2OC2O)=C(/F)C(=O)O)cc1. The van der Waals surface area contributed by atoms with E-state index in [1.165, 1.54) is 30.3 Å². The number of amides is 2. The Morgan fingerprint density at radius 2 is 1.69 bits per heavy atom. The van der Waals surface area contributed by atoms with Gasteiger partial charge in [0.1, 0.15) is 18.5 Å². The summed E-state index contributed by atoms with van der Waals surface area (Å²) in [6.45, 7) is 4.69. The summed E-state index contributed by atoms with van der Waals surface area (Å²) in [5.74, 6) is -3.81. The number of benzene rings is 2. The number of epoxide rings is 1. The first-order chi connectivity index (χ1) is 16.5. The first-order valence-corrected chi connectivity index (χ1v) is 10.8. The molecule has 1 aliphatic heterocycles. The fraction of sp³-hybridized carbons (Fsp3) is 0.320. The van der Waals surface area contributed by atoms with E-state index in [2.05, 4.69) is 10.6 Å². The molecule has 1 heterocycles. The molecule has 35 heavy (non-hydrogen) atoms. The topological polar surface area (TPSA) is 137 Å². The van der Waals surface area contributed by atoms with Crippen LogP contribution in [0.3, 0.4) is 0 Å². The third-order valence-corrected chi connectivity index (χ3v) is 4.96. The van der Waals surface area contributed by atoms with Crippen LogP contribution in [-0.2, 0) is 9.53 Å². The maximum Gasteiger partial charge on any atom is 0.364 e. The van der Waals surface area contributed by atoms with Gasteiger partial charge in [0.25, 0.3) is 11.8 Å². The van der Waals surface area contributed by atoms with Crippen molar-refractivity contribution in [3.63, 3.8) is 0 Å². The molecular formula is C25H27FN2O7. The van der Waals surface area contributed by atoms with E-state index in [0.29, 0.717) is 11.1 Å². The minimum atomic E-state index is -1.79. The molecule has 2 amide bonds. The predicted octanol–water partition coefficient (Wildman–Crippen LogP) is 2.72. The second-order valence-electron chi connectivity index (χ2n) is 8.96. The van der Waals surface area contributed by atoms with Gasteiger partial charge in [-0.25, -0.2) is 4.79 Å². The lowest BCUT2D eigenvalue weighted by molar-refractivity contribution is -0.134. The third kappa shape index (κ3) is 7.11. The van der Waals surface area contributed by atoms with Gasteiger partial charge >= 0.3 is 5.97 Å². The number of aliphatic hydroxyl groups is 1. The Bertz CT molecular complexity index is 1140. The number of carboxylic acids is 1. The highest BCUT2D eigenvalue weighted by molar-refractivity contribution is 5.96. The van der Waals surface area contributed by atoms with Crippen LogP contribution in [0, 0.1) is 0 Å². The molecule has 0 spiro atoms. The summed E-state index contributed by atoms with van der Waals surface area (Å²) in [6.07, 6.45) is -1.62. The summed E-state index contributed by atoms with van der Waals surface area (Å²) in [6, 6.07) is 12.5. The van der Waals surface area contributed by atoms with E-state index in [9.17, 15) is 23.9 Å². The molecule has 2 atom stereocenters. The molecule has 0 aromatic heterocycles. The summed E-state index contributed by atoms with van der Waals surface area (Å²) >= 11 is 0. The maximum absolute atomic E-state index is 14.3. The van der Waals surface area contributed by atoms with Crippen molar-refractivity contribution in [3.8, 4) is 5.75 Å². The molecule has 4 N–H and O–H groups in total. The smallest absolute Gasteiger partial charge is 0.364 e. The van der Waals surface area contributed by atoms with Crippen LogP contribution in [0.5, 0.6) is 5.75 Å². The van der Waals surface area contributed by atoms with Crippen LogP contribution in [0.4, 0.5) is 4.39 Å². The molecule has 9 nitrogen and oxygen atoms in total. The van der Waals surface area contributed by atoms with Crippen molar-refractivity contribution >= 4 is 17.8 Å². The van der Waals surface area contributed by atoms with Gasteiger partial charge in [-0.3, -0.25) is 9.59 Å². The Morgan fingerprint density at radius 3 is 2.26 bits per heavy atom. The van der Waals surface area contributed by atoms with Crippen molar-refractivity contribution in [2.45, 2.75) is 38.7 Å². The number of hydrogen-bond acceptors (Lipinski definition) is 6. The Balaban J connectivity index is 1.65. The first-order valence-electron chi connectivity index (χ1n) is 10.8. The maximum atomic E-state index is 14.3. The van der Waals surface area contributed by atoms with Gasteiger partial charge in [0.05, 0.1) is 0 Å². The molecule has 2 aromatic carbocycles. The third-order valence-electron chi connectivity index (χ3n) is 4.96. The van der Waals surface area contributed by atoms with Gasteiger partial charge in [-0.15, -0.1) is 0 Å². The van der Waals surface area contributed by atoms with Crippen molar-refractivity contribution in [1.29, 1.82) is 0 Å². The van der Waals surface area contributed by atoms with Gasteiger partial charge < -0.3 is 30.3 Å². The van der Waals surface area contributed by atoms with Crippen LogP contribution in [0.15, 0.2) is 59.9 Å². The van der Waals surface area contributed by atoms with Gasteiger partial charge in [0.15, 0.2) is 6.29 Å². The highest BCUT2D eigenvalue weighted by atomic mass is 19.1. The number of ether oxygens (including phenoxy) is 2. The Kier molecular flexibility index (Phi) is 7.88. The zero-order valence-electron chi connectivity index (χ0n) is 19.5. The summed E-state index contributed by atoms with van der Waals surface area (Å²) in [4.78, 5) is 36.1. The fourth-order valence-electron chi connectivity index (χ4n) is 3.19. The average Bonchev–Trinajstić information content (AvgIpc) is 3.54. The van der Waals surface area contributed by atoms with Crippen molar-refractivity contribution in [2.75, 3.05) is 13.2 Å². The van der Waals surface area contributed by atoms with Crippen LogP contribution in [0.25, 0.3) is 0 Å². The van der Waals surface area contributed by atoms with E-state index in [1.54, 1.807) is 18.2 Å². The van der Waals surface area contributed by atoms with Gasteiger partial charge in [-0.05, 0) is 56.7 Å². The summed E-state index contributed by atoms with van der Waals surface area (Å²) in [5.41, 5.74) is 0.385. The summed E-state index contributed by atoms with van der Waals surface area (Å²) < 4.78 is 24.8. The predicted molar refractivity (Wildman–Crippen MR) is 124 cm³/mol. The van der Waals surface area contributed by atoms with Gasteiger partial charge in [-0.2, -0.15) is 4.39 Å². The minimum absolute atomic E-state index is 0.217. The van der Waals surface area contributed by atoms with Gasteiger partial charge in [0.2, 0.25) is 5.83 Å². The summed E-state index contributed by atoms with van der Waals surface area (Å²) in [7, 11) is 0. The van der Waals surface area contributed by atoms with Crippen molar-refractivity contribution in [1.82, 2.24) is 10.6 Å². The fourth-order valence-corrected chi connectivity index (χ4v) is 3.19. The molecule has 2 unspecified atom stereocenters. The zero-order valence-corrected chi connectivity index (χ0v) is 19.5. The number of nitrogens with one attached hydrogen (secondary N) is 2.